The Hall–Kier alpha value is -3.48. The smallest absolute Gasteiger partial charge is 0.223 e. The van der Waals surface area contributed by atoms with E-state index in [1.807, 2.05) is 17.4 Å². The lowest BCUT2D eigenvalue weighted by molar-refractivity contribution is -0.131. The van der Waals surface area contributed by atoms with Crippen LogP contribution in [0.25, 0.3) is 22.2 Å². The Bertz CT molecular complexity index is 1220. The molecule has 32 heavy (non-hydrogen) atoms. The van der Waals surface area contributed by atoms with Gasteiger partial charge < -0.3 is 9.47 Å². The largest absolute Gasteiger partial charge is 0.340 e. The Morgan fingerprint density at radius 2 is 2.03 bits per heavy atom. The van der Waals surface area contributed by atoms with Crippen LogP contribution >= 0.6 is 0 Å². The molecule has 2 atom stereocenters. The van der Waals surface area contributed by atoms with Crippen molar-refractivity contribution in [3.63, 3.8) is 0 Å². The number of carbonyl (C=O) groups excluding carboxylic acids is 1. The van der Waals surface area contributed by atoms with Crippen molar-refractivity contribution in [2.75, 3.05) is 6.54 Å². The van der Waals surface area contributed by atoms with E-state index in [0.29, 0.717) is 18.8 Å². The second-order valence-corrected chi connectivity index (χ2v) is 8.71. The highest BCUT2D eigenvalue weighted by molar-refractivity contribution is 5.82. The number of aromatic amines is 1. The molecular weight excluding hydrogens is 405 g/mol. The van der Waals surface area contributed by atoms with Crippen molar-refractivity contribution in [2.45, 2.75) is 38.8 Å². The molecule has 1 aliphatic heterocycles. The highest BCUT2D eigenvalue weighted by Gasteiger charge is 2.32. The van der Waals surface area contributed by atoms with Crippen LogP contribution in [-0.2, 0) is 17.8 Å². The lowest BCUT2D eigenvalue weighted by atomic mass is 10.1. The number of H-pyrrole nitrogens is 1. The molecule has 164 valence electrons. The average molecular weight is 432 g/mol. The van der Waals surface area contributed by atoms with Gasteiger partial charge in [0.25, 0.3) is 0 Å². The monoisotopic (exact) mass is 431 g/mol. The highest BCUT2D eigenvalue weighted by Crippen LogP contribution is 2.28. The fourth-order valence-electron chi connectivity index (χ4n) is 4.74. The number of fused-ring (bicyclic) bond motifs is 1. The van der Waals surface area contributed by atoms with Crippen molar-refractivity contribution in [2.24, 2.45) is 5.92 Å². The molecule has 1 aliphatic rings. The number of imidazole rings is 1. The van der Waals surface area contributed by atoms with Gasteiger partial charge in [-0.2, -0.15) is 5.10 Å². The second kappa shape index (κ2) is 8.57. The summed E-state index contributed by atoms with van der Waals surface area (Å²) in [5, 5.41) is 6.86. The third-order valence-electron chi connectivity index (χ3n) is 6.43. The van der Waals surface area contributed by atoms with Gasteiger partial charge in [0.1, 0.15) is 5.82 Å². The number of rotatable bonds is 6. The molecule has 0 radical (unpaired) electrons. The van der Waals surface area contributed by atoms with E-state index in [1.54, 1.807) is 18.3 Å². The molecule has 0 bridgehead atoms. The molecule has 1 N–H and O–H groups in total. The molecule has 1 amide bonds. The minimum Gasteiger partial charge on any atom is -0.340 e. The SMILES string of the molecule is C[C@@H]1C[C@H](Cn2cnc3cc(-c4cn[nH]c4)ccc32)CN1C(=O)CCc1ccc(F)cc1. The predicted octanol–water partition coefficient (Wildman–Crippen LogP) is 4.44. The third kappa shape index (κ3) is 4.15. The van der Waals surface area contributed by atoms with Crippen LogP contribution in [0.3, 0.4) is 0 Å². The van der Waals surface area contributed by atoms with Crippen molar-refractivity contribution in [1.82, 2.24) is 24.6 Å². The molecule has 0 spiro atoms. The van der Waals surface area contributed by atoms with E-state index in [-0.39, 0.29) is 17.8 Å². The third-order valence-corrected chi connectivity index (χ3v) is 6.43. The summed E-state index contributed by atoms with van der Waals surface area (Å²) in [5.41, 5.74) is 5.18. The summed E-state index contributed by atoms with van der Waals surface area (Å²) in [6.45, 7) is 3.73. The van der Waals surface area contributed by atoms with Gasteiger partial charge in [0.15, 0.2) is 0 Å². The first-order chi connectivity index (χ1) is 15.6. The standard InChI is InChI=1S/C25H26FN5O/c1-17-10-19(15-31(17)25(32)9-4-18-2-6-22(26)7-3-18)14-30-16-27-23-11-20(5-8-24(23)30)21-12-28-29-13-21/h2-3,5-8,11-13,16-17,19H,4,9-10,14-15H2,1H3,(H,28,29)/t17-,19-/m1/s1. The fraction of sp³-hybridized carbons (Fsp3) is 0.320. The maximum atomic E-state index is 13.1. The molecule has 2 aromatic heterocycles. The number of likely N-dealkylation sites (tertiary alicyclic amines) is 1. The van der Waals surface area contributed by atoms with Crippen LogP contribution in [0.5, 0.6) is 0 Å². The van der Waals surface area contributed by atoms with E-state index in [1.165, 1.54) is 12.1 Å². The molecule has 7 heteroatoms. The number of hydrogen-bond donors (Lipinski definition) is 1. The summed E-state index contributed by atoms with van der Waals surface area (Å²) in [4.78, 5) is 19.4. The summed E-state index contributed by atoms with van der Waals surface area (Å²) in [5.74, 6) is 0.316. The van der Waals surface area contributed by atoms with E-state index in [0.717, 1.165) is 47.2 Å². The number of nitrogens with one attached hydrogen (secondary N) is 1. The quantitative estimate of drug-likeness (QED) is 0.491. The number of halogens is 1. The van der Waals surface area contributed by atoms with Crippen LogP contribution in [0, 0.1) is 11.7 Å². The predicted molar refractivity (Wildman–Crippen MR) is 121 cm³/mol. The van der Waals surface area contributed by atoms with Crippen LogP contribution in [-0.4, -0.2) is 43.1 Å². The van der Waals surface area contributed by atoms with Gasteiger partial charge in [0, 0.05) is 37.3 Å². The zero-order chi connectivity index (χ0) is 22.1. The number of carbonyl (C=O) groups is 1. The summed E-state index contributed by atoms with van der Waals surface area (Å²) in [6.07, 6.45) is 7.65. The Balaban J connectivity index is 1.22. The molecule has 3 heterocycles. The Morgan fingerprint density at radius 1 is 1.19 bits per heavy atom. The lowest BCUT2D eigenvalue weighted by Crippen LogP contribution is -2.34. The summed E-state index contributed by atoms with van der Waals surface area (Å²) in [7, 11) is 0. The first kappa shape index (κ1) is 20.4. The van der Waals surface area contributed by atoms with Crippen molar-refractivity contribution < 1.29 is 9.18 Å². The fourth-order valence-corrected chi connectivity index (χ4v) is 4.74. The Kier molecular flexibility index (Phi) is 5.47. The summed E-state index contributed by atoms with van der Waals surface area (Å²) >= 11 is 0. The maximum absolute atomic E-state index is 13.1. The van der Waals surface area contributed by atoms with Crippen LogP contribution in [0.4, 0.5) is 4.39 Å². The van der Waals surface area contributed by atoms with Gasteiger partial charge >= 0.3 is 0 Å². The number of benzene rings is 2. The van der Waals surface area contributed by atoms with Crippen LogP contribution in [0.1, 0.15) is 25.3 Å². The van der Waals surface area contributed by atoms with Gasteiger partial charge in [-0.05, 0) is 61.1 Å². The molecule has 6 nitrogen and oxygen atoms in total. The van der Waals surface area contributed by atoms with Crippen molar-refractivity contribution >= 4 is 16.9 Å². The molecule has 0 aliphatic carbocycles. The van der Waals surface area contributed by atoms with Crippen molar-refractivity contribution in [3.8, 4) is 11.1 Å². The normalized spacial score (nSPS) is 18.5. The topological polar surface area (TPSA) is 66.8 Å². The molecule has 0 saturated carbocycles. The minimum absolute atomic E-state index is 0.171. The first-order valence-corrected chi connectivity index (χ1v) is 11.0. The zero-order valence-electron chi connectivity index (χ0n) is 18.0. The number of hydrogen-bond acceptors (Lipinski definition) is 3. The van der Waals surface area contributed by atoms with E-state index in [2.05, 4.69) is 44.9 Å². The van der Waals surface area contributed by atoms with Gasteiger partial charge in [-0.25, -0.2) is 9.37 Å². The highest BCUT2D eigenvalue weighted by atomic mass is 19.1. The molecular formula is C25H26FN5O. The second-order valence-electron chi connectivity index (χ2n) is 8.71. The first-order valence-electron chi connectivity index (χ1n) is 11.0. The van der Waals surface area contributed by atoms with Crippen molar-refractivity contribution in [1.29, 1.82) is 0 Å². The number of aryl methyl sites for hydroxylation is 1. The van der Waals surface area contributed by atoms with Crippen LogP contribution in [0.15, 0.2) is 61.2 Å². The molecule has 1 saturated heterocycles. The van der Waals surface area contributed by atoms with E-state index >= 15 is 0 Å². The molecule has 2 aromatic carbocycles. The Morgan fingerprint density at radius 3 is 2.81 bits per heavy atom. The van der Waals surface area contributed by atoms with Gasteiger partial charge in [-0.1, -0.05) is 18.2 Å². The number of amides is 1. The molecule has 5 rings (SSSR count). The van der Waals surface area contributed by atoms with E-state index < -0.39 is 0 Å². The Labute approximate surface area is 186 Å². The summed E-state index contributed by atoms with van der Waals surface area (Å²) in [6, 6.07) is 12.9. The number of aromatic nitrogens is 4. The van der Waals surface area contributed by atoms with Gasteiger partial charge in [0.2, 0.25) is 5.91 Å². The lowest BCUT2D eigenvalue weighted by Gasteiger charge is -2.21. The maximum Gasteiger partial charge on any atom is 0.223 e. The van der Waals surface area contributed by atoms with E-state index in [4.69, 9.17) is 0 Å². The van der Waals surface area contributed by atoms with E-state index in [9.17, 15) is 9.18 Å². The molecule has 1 fully saturated rings. The zero-order valence-corrected chi connectivity index (χ0v) is 18.0. The molecule has 4 aromatic rings. The minimum atomic E-state index is -0.249. The number of nitrogens with zero attached hydrogens (tertiary/aromatic N) is 4. The van der Waals surface area contributed by atoms with Crippen molar-refractivity contribution in [3.05, 3.63) is 72.6 Å². The average Bonchev–Trinajstić information content (AvgIpc) is 3.54. The van der Waals surface area contributed by atoms with Crippen LogP contribution in [0.2, 0.25) is 0 Å². The van der Waals surface area contributed by atoms with Gasteiger partial charge in [-0.15, -0.1) is 0 Å². The van der Waals surface area contributed by atoms with Crippen LogP contribution < -0.4 is 0 Å². The van der Waals surface area contributed by atoms with Gasteiger partial charge in [-0.3, -0.25) is 9.89 Å². The summed E-state index contributed by atoms with van der Waals surface area (Å²) < 4.78 is 15.3. The molecule has 0 unspecified atom stereocenters. The van der Waals surface area contributed by atoms with Gasteiger partial charge in [0.05, 0.1) is 23.6 Å².